The summed E-state index contributed by atoms with van der Waals surface area (Å²) in [4.78, 5) is 38.3. The Morgan fingerprint density at radius 1 is 0.273 bits per heavy atom. The Bertz CT molecular complexity index is 1380. The maximum Gasteiger partial charge on any atom is 0.306 e. The second-order valence-electron chi connectivity index (χ2n) is 22.7. The topological polar surface area (TPSA) is 78.9 Å². The Kier molecular flexibility index (Phi) is 63.2. The molecule has 1 atom stereocenters. The van der Waals surface area contributed by atoms with Crippen molar-refractivity contribution < 1.29 is 28.6 Å². The molecule has 0 bridgehead atoms. The lowest BCUT2D eigenvalue weighted by Crippen LogP contribution is -2.30. The fourth-order valence-corrected chi connectivity index (χ4v) is 9.96. The zero-order valence-corrected chi connectivity index (χ0v) is 51.5. The number of hydrogen-bond acceptors (Lipinski definition) is 6. The standard InChI is InChI=1S/C71H128O6/c1-4-7-10-13-16-19-22-25-28-30-32-33-34-35-36-37-38-39-41-43-46-49-52-55-58-61-64-70(73)76-67-68(66-75-69(72)63-60-57-54-51-48-45-42-27-24-21-18-15-12-9-6-3)77-71(74)65-62-59-56-53-50-47-44-40-31-29-26-23-20-17-14-11-8-5-2/h9,12,18,21,27,29,31,42,48,51,68H,4-8,10-11,13-17,19-20,22-26,28,30,32-41,43-47,49-50,52-67H2,1-3H3/b12-9-,21-18-,31-29-,42-27-,51-48-. The molecule has 0 aromatic carbocycles. The van der Waals surface area contributed by atoms with E-state index in [1.165, 1.54) is 231 Å². The summed E-state index contributed by atoms with van der Waals surface area (Å²) in [6.45, 7) is 6.54. The third kappa shape index (κ3) is 63.8. The molecule has 6 heteroatoms. The molecule has 77 heavy (non-hydrogen) atoms. The fraction of sp³-hybridized carbons (Fsp3) is 0.817. The Labute approximate surface area is 479 Å². The van der Waals surface area contributed by atoms with Gasteiger partial charge >= 0.3 is 17.9 Å². The van der Waals surface area contributed by atoms with Gasteiger partial charge in [0.15, 0.2) is 6.10 Å². The lowest BCUT2D eigenvalue weighted by Gasteiger charge is -2.18. The van der Waals surface area contributed by atoms with Gasteiger partial charge in [0.25, 0.3) is 0 Å². The van der Waals surface area contributed by atoms with Crippen LogP contribution in [-0.4, -0.2) is 37.2 Å². The summed E-state index contributed by atoms with van der Waals surface area (Å²) in [5, 5.41) is 0. The molecule has 6 nitrogen and oxygen atoms in total. The second-order valence-corrected chi connectivity index (χ2v) is 22.7. The first-order valence-corrected chi connectivity index (χ1v) is 33.8. The molecule has 0 saturated carbocycles. The Morgan fingerprint density at radius 3 is 0.831 bits per heavy atom. The van der Waals surface area contributed by atoms with Crippen molar-refractivity contribution in [2.75, 3.05) is 13.2 Å². The van der Waals surface area contributed by atoms with E-state index in [2.05, 4.69) is 81.5 Å². The molecule has 0 heterocycles. The van der Waals surface area contributed by atoms with Gasteiger partial charge in [-0.25, -0.2) is 0 Å². The number of esters is 3. The number of unbranched alkanes of at least 4 members (excludes halogenated alkanes) is 41. The number of rotatable bonds is 62. The van der Waals surface area contributed by atoms with E-state index in [0.717, 1.165) is 83.5 Å². The number of hydrogen-bond donors (Lipinski definition) is 0. The van der Waals surface area contributed by atoms with Crippen molar-refractivity contribution in [3.05, 3.63) is 60.8 Å². The van der Waals surface area contributed by atoms with Crippen LogP contribution in [0.3, 0.4) is 0 Å². The molecule has 0 aromatic heterocycles. The van der Waals surface area contributed by atoms with Crippen molar-refractivity contribution in [3.8, 4) is 0 Å². The molecule has 0 aromatic rings. The molecular weight excluding hydrogens is 949 g/mol. The Hall–Kier alpha value is -2.89. The molecule has 0 spiro atoms. The van der Waals surface area contributed by atoms with Gasteiger partial charge in [-0.15, -0.1) is 0 Å². The summed E-state index contributed by atoms with van der Waals surface area (Å²) < 4.78 is 16.9. The van der Waals surface area contributed by atoms with Crippen LogP contribution in [0.1, 0.15) is 355 Å². The molecule has 0 fully saturated rings. The fourth-order valence-electron chi connectivity index (χ4n) is 9.96. The van der Waals surface area contributed by atoms with Crippen LogP contribution in [0.4, 0.5) is 0 Å². The van der Waals surface area contributed by atoms with E-state index < -0.39 is 6.10 Å². The maximum atomic E-state index is 12.9. The Balaban J connectivity index is 4.29. The minimum atomic E-state index is -0.793. The molecule has 0 radical (unpaired) electrons. The first-order chi connectivity index (χ1) is 38.0. The monoisotopic (exact) mass is 1080 g/mol. The predicted molar refractivity (Wildman–Crippen MR) is 335 cm³/mol. The van der Waals surface area contributed by atoms with Gasteiger partial charge < -0.3 is 14.2 Å². The minimum Gasteiger partial charge on any atom is -0.462 e. The second kappa shape index (κ2) is 65.6. The van der Waals surface area contributed by atoms with E-state index in [1.807, 2.05) is 0 Å². The molecule has 0 aliphatic carbocycles. The first kappa shape index (κ1) is 74.1. The highest BCUT2D eigenvalue weighted by atomic mass is 16.6. The SMILES string of the molecule is CC/C=C\C/C=C\C/C=C\C/C=C\CCCCC(=O)OCC(COC(=O)CCCCCCCCCCCCCCCCCCCCCCCCCCCC)OC(=O)CCCCCCCCC/C=C\CCCCCCCCC. The normalized spacial score (nSPS) is 12.4. The van der Waals surface area contributed by atoms with E-state index in [-0.39, 0.29) is 31.1 Å². The summed E-state index contributed by atoms with van der Waals surface area (Å²) in [5.74, 6) is -0.913. The van der Waals surface area contributed by atoms with E-state index in [4.69, 9.17) is 14.2 Å². The lowest BCUT2D eigenvalue weighted by molar-refractivity contribution is -0.167. The maximum absolute atomic E-state index is 12.9. The first-order valence-electron chi connectivity index (χ1n) is 33.8. The van der Waals surface area contributed by atoms with Gasteiger partial charge in [0.2, 0.25) is 0 Å². The van der Waals surface area contributed by atoms with E-state index in [9.17, 15) is 14.4 Å². The molecule has 0 N–H and O–H groups in total. The Morgan fingerprint density at radius 2 is 0.506 bits per heavy atom. The molecule has 0 aliphatic rings. The molecular formula is C71H128O6. The summed E-state index contributed by atoms with van der Waals surface area (Å²) in [6.07, 6.45) is 83.9. The third-order valence-corrected chi connectivity index (χ3v) is 15.0. The highest BCUT2D eigenvalue weighted by Gasteiger charge is 2.19. The van der Waals surface area contributed by atoms with Crippen molar-refractivity contribution in [1.29, 1.82) is 0 Å². The van der Waals surface area contributed by atoms with Crippen LogP contribution in [0.2, 0.25) is 0 Å². The highest BCUT2D eigenvalue weighted by Crippen LogP contribution is 2.18. The van der Waals surface area contributed by atoms with E-state index in [1.54, 1.807) is 0 Å². The number of carbonyl (C=O) groups excluding carboxylic acids is 3. The van der Waals surface area contributed by atoms with Gasteiger partial charge in [-0.3, -0.25) is 14.4 Å². The minimum absolute atomic E-state index is 0.0858. The zero-order chi connectivity index (χ0) is 55.7. The largest absolute Gasteiger partial charge is 0.462 e. The summed E-state index contributed by atoms with van der Waals surface area (Å²) >= 11 is 0. The van der Waals surface area contributed by atoms with Crippen molar-refractivity contribution in [2.45, 2.75) is 361 Å². The molecule has 0 saturated heterocycles. The van der Waals surface area contributed by atoms with Crippen molar-refractivity contribution in [3.63, 3.8) is 0 Å². The van der Waals surface area contributed by atoms with Gasteiger partial charge in [0.1, 0.15) is 13.2 Å². The average molecular weight is 1080 g/mol. The van der Waals surface area contributed by atoms with Crippen LogP contribution in [-0.2, 0) is 28.6 Å². The van der Waals surface area contributed by atoms with Crippen LogP contribution in [0.15, 0.2) is 60.8 Å². The number of allylic oxidation sites excluding steroid dienone is 10. The molecule has 0 amide bonds. The van der Waals surface area contributed by atoms with Crippen LogP contribution in [0.5, 0.6) is 0 Å². The molecule has 1 unspecified atom stereocenters. The molecule has 0 aliphatic heterocycles. The lowest BCUT2D eigenvalue weighted by atomic mass is 10.0. The van der Waals surface area contributed by atoms with Crippen LogP contribution in [0, 0.1) is 0 Å². The zero-order valence-electron chi connectivity index (χ0n) is 51.5. The molecule has 0 rings (SSSR count). The number of carbonyl (C=O) groups is 3. The summed E-state index contributed by atoms with van der Waals surface area (Å²) in [5.41, 5.74) is 0. The van der Waals surface area contributed by atoms with Crippen LogP contribution in [0.25, 0.3) is 0 Å². The van der Waals surface area contributed by atoms with Crippen molar-refractivity contribution in [2.24, 2.45) is 0 Å². The van der Waals surface area contributed by atoms with Gasteiger partial charge in [0, 0.05) is 19.3 Å². The predicted octanol–water partition coefficient (Wildman–Crippen LogP) is 23.1. The van der Waals surface area contributed by atoms with Crippen molar-refractivity contribution >= 4 is 17.9 Å². The van der Waals surface area contributed by atoms with Gasteiger partial charge in [-0.1, -0.05) is 313 Å². The third-order valence-electron chi connectivity index (χ3n) is 15.0. The summed E-state index contributed by atoms with van der Waals surface area (Å²) in [7, 11) is 0. The quantitative estimate of drug-likeness (QED) is 0.0261. The van der Waals surface area contributed by atoms with Crippen molar-refractivity contribution in [1.82, 2.24) is 0 Å². The average Bonchev–Trinajstić information content (AvgIpc) is 3.43. The van der Waals surface area contributed by atoms with Gasteiger partial charge in [0.05, 0.1) is 0 Å². The summed E-state index contributed by atoms with van der Waals surface area (Å²) in [6, 6.07) is 0. The van der Waals surface area contributed by atoms with Crippen LogP contribution >= 0.6 is 0 Å². The smallest absolute Gasteiger partial charge is 0.306 e. The van der Waals surface area contributed by atoms with E-state index >= 15 is 0 Å². The molecule has 448 valence electrons. The number of ether oxygens (including phenoxy) is 3. The highest BCUT2D eigenvalue weighted by molar-refractivity contribution is 5.71. The van der Waals surface area contributed by atoms with Gasteiger partial charge in [-0.2, -0.15) is 0 Å². The van der Waals surface area contributed by atoms with Crippen LogP contribution < -0.4 is 0 Å². The van der Waals surface area contributed by atoms with E-state index in [0.29, 0.717) is 19.3 Å². The van der Waals surface area contributed by atoms with Gasteiger partial charge in [-0.05, 0) is 83.5 Å².